The van der Waals surface area contributed by atoms with E-state index < -0.39 is 0 Å². The van der Waals surface area contributed by atoms with E-state index in [0.717, 1.165) is 21.8 Å². The van der Waals surface area contributed by atoms with Crippen LogP contribution in [0.5, 0.6) is 0 Å². The number of carbonyl (C=O) groups is 1. The first-order valence-corrected chi connectivity index (χ1v) is 9.66. The Balaban J connectivity index is 1.60. The van der Waals surface area contributed by atoms with E-state index in [2.05, 4.69) is 55.3 Å². The van der Waals surface area contributed by atoms with Gasteiger partial charge in [-0.15, -0.1) is 11.3 Å². The van der Waals surface area contributed by atoms with Crippen LogP contribution in [0.2, 0.25) is 0 Å². The molecule has 134 valence electrons. The average Bonchev–Trinajstić information content (AvgIpc) is 3.09. The van der Waals surface area contributed by atoms with Crippen LogP contribution in [0.4, 0.5) is 0 Å². The van der Waals surface area contributed by atoms with Crippen molar-refractivity contribution >= 4 is 17.2 Å². The van der Waals surface area contributed by atoms with Crippen LogP contribution in [-0.2, 0) is 23.2 Å². The minimum absolute atomic E-state index is 0.00201. The van der Waals surface area contributed by atoms with Crippen molar-refractivity contribution in [3.8, 4) is 11.3 Å². The Bertz CT molecular complexity index is 861. The summed E-state index contributed by atoms with van der Waals surface area (Å²) in [6, 6.07) is 18.4. The van der Waals surface area contributed by atoms with Gasteiger partial charge in [0.05, 0.1) is 12.1 Å². The number of nitrogens with zero attached hydrogens (tertiary/aromatic N) is 1. The van der Waals surface area contributed by atoms with Gasteiger partial charge < -0.3 is 5.32 Å². The highest BCUT2D eigenvalue weighted by atomic mass is 32.1. The second kappa shape index (κ2) is 7.83. The third-order valence-electron chi connectivity index (χ3n) is 4.24. The fourth-order valence-electron chi connectivity index (χ4n) is 2.66. The topological polar surface area (TPSA) is 42.0 Å². The summed E-state index contributed by atoms with van der Waals surface area (Å²) in [6.45, 7) is 7.16. The van der Waals surface area contributed by atoms with Crippen molar-refractivity contribution in [3.05, 3.63) is 76.1 Å². The zero-order chi connectivity index (χ0) is 18.6. The number of hydrogen-bond donors (Lipinski definition) is 1. The molecule has 2 aromatic carbocycles. The Morgan fingerprint density at radius 2 is 1.73 bits per heavy atom. The van der Waals surface area contributed by atoms with Crippen LogP contribution in [0.15, 0.2) is 60.0 Å². The molecule has 0 bridgehead atoms. The molecule has 0 saturated heterocycles. The van der Waals surface area contributed by atoms with Gasteiger partial charge in [-0.3, -0.25) is 4.79 Å². The molecule has 0 atom stereocenters. The minimum atomic E-state index is -0.00201. The second-order valence-corrected chi connectivity index (χ2v) is 8.34. The maximum atomic E-state index is 12.1. The van der Waals surface area contributed by atoms with Crippen molar-refractivity contribution in [2.45, 2.75) is 39.2 Å². The molecule has 0 fully saturated rings. The Morgan fingerprint density at radius 1 is 1.04 bits per heavy atom. The quantitative estimate of drug-likeness (QED) is 0.695. The van der Waals surface area contributed by atoms with Gasteiger partial charge in [0.1, 0.15) is 5.01 Å². The lowest BCUT2D eigenvalue weighted by atomic mass is 9.86. The smallest absolute Gasteiger partial charge is 0.227 e. The van der Waals surface area contributed by atoms with Crippen molar-refractivity contribution in [1.29, 1.82) is 0 Å². The van der Waals surface area contributed by atoms with Crippen LogP contribution in [0.1, 0.15) is 36.9 Å². The molecule has 26 heavy (non-hydrogen) atoms. The first kappa shape index (κ1) is 18.3. The third-order valence-corrected chi connectivity index (χ3v) is 5.09. The summed E-state index contributed by atoms with van der Waals surface area (Å²) >= 11 is 1.53. The monoisotopic (exact) mass is 364 g/mol. The van der Waals surface area contributed by atoms with Crippen molar-refractivity contribution < 1.29 is 4.79 Å². The molecule has 0 radical (unpaired) electrons. The maximum absolute atomic E-state index is 12.1. The van der Waals surface area contributed by atoms with E-state index >= 15 is 0 Å². The van der Waals surface area contributed by atoms with Gasteiger partial charge in [0, 0.05) is 17.5 Å². The molecule has 3 aromatic rings. The van der Waals surface area contributed by atoms with Crippen molar-refractivity contribution in [1.82, 2.24) is 10.3 Å². The number of carbonyl (C=O) groups excluding carboxylic acids is 1. The predicted octanol–water partition coefficient (Wildman–Crippen LogP) is 4.97. The molecule has 1 N–H and O–H groups in total. The van der Waals surface area contributed by atoms with Gasteiger partial charge in [-0.1, -0.05) is 75.4 Å². The molecule has 0 unspecified atom stereocenters. The highest BCUT2D eigenvalue weighted by molar-refractivity contribution is 7.10. The minimum Gasteiger partial charge on any atom is -0.352 e. The van der Waals surface area contributed by atoms with E-state index in [0.29, 0.717) is 13.0 Å². The van der Waals surface area contributed by atoms with Gasteiger partial charge in [0.25, 0.3) is 0 Å². The van der Waals surface area contributed by atoms with Crippen LogP contribution < -0.4 is 5.32 Å². The fraction of sp³-hybridized carbons (Fsp3) is 0.273. The van der Waals surface area contributed by atoms with E-state index in [1.807, 2.05) is 35.7 Å². The predicted molar refractivity (Wildman–Crippen MR) is 108 cm³/mol. The summed E-state index contributed by atoms with van der Waals surface area (Å²) in [5.74, 6) is -0.00201. The summed E-state index contributed by atoms with van der Waals surface area (Å²) < 4.78 is 0. The van der Waals surface area contributed by atoms with Gasteiger partial charge in [-0.05, 0) is 16.5 Å². The van der Waals surface area contributed by atoms with E-state index in [-0.39, 0.29) is 11.3 Å². The molecule has 1 aromatic heterocycles. The van der Waals surface area contributed by atoms with Crippen LogP contribution in [0, 0.1) is 0 Å². The van der Waals surface area contributed by atoms with Crippen LogP contribution in [0.25, 0.3) is 11.3 Å². The maximum Gasteiger partial charge on any atom is 0.227 e. The number of rotatable bonds is 5. The zero-order valence-electron chi connectivity index (χ0n) is 15.5. The Hall–Kier alpha value is -2.46. The number of hydrogen-bond acceptors (Lipinski definition) is 3. The van der Waals surface area contributed by atoms with E-state index in [4.69, 9.17) is 0 Å². The SMILES string of the molecule is CC(C)(C)c1ccc(-c2csc(CC(=O)NCc3ccccc3)n2)cc1. The Labute approximate surface area is 159 Å². The van der Waals surface area contributed by atoms with Gasteiger partial charge >= 0.3 is 0 Å². The lowest BCUT2D eigenvalue weighted by molar-refractivity contribution is -0.120. The third kappa shape index (κ3) is 4.79. The Kier molecular flexibility index (Phi) is 5.52. The summed E-state index contributed by atoms with van der Waals surface area (Å²) in [6.07, 6.45) is 0.317. The average molecular weight is 365 g/mol. The molecule has 0 aliphatic rings. The fourth-order valence-corrected chi connectivity index (χ4v) is 3.46. The lowest BCUT2D eigenvalue weighted by Crippen LogP contribution is -2.24. The molecule has 0 aliphatic carbocycles. The summed E-state index contributed by atoms with van der Waals surface area (Å²) in [7, 11) is 0. The molecule has 0 saturated carbocycles. The molecule has 1 amide bonds. The zero-order valence-corrected chi connectivity index (χ0v) is 16.3. The number of benzene rings is 2. The Morgan fingerprint density at radius 3 is 2.38 bits per heavy atom. The number of thiazole rings is 1. The molecule has 3 rings (SSSR count). The van der Waals surface area contributed by atoms with Crippen LogP contribution in [-0.4, -0.2) is 10.9 Å². The highest BCUT2D eigenvalue weighted by Gasteiger charge is 2.14. The van der Waals surface area contributed by atoms with E-state index in [1.165, 1.54) is 16.9 Å². The second-order valence-electron chi connectivity index (χ2n) is 7.39. The van der Waals surface area contributed by atoms with Crippen LogP contribution >= 0.6 is 11.3 Å². The molecule has 3 nitrogen and oxygen atoms in total. The summed E-state index contributed by atoms with van der Waals surface area (Å²) in [4.78, 5) is 16.8. The standard InChI is InChI=1S/C22H24N2OS/c1-22(2,3)18-11-9-17(10-12-18)19-15-26-21(24-19)13-20(25)23-14-16-7-5-4-6-8-16/h4-12,15H,13-14H2,1-3H3,(H,23,25). The molecule has 1 heterocycles. The van der Waals surface area contributed by atoms with Crippen molar-refractivity contribution in [2.75, 3.05) is 0 Å². The number of nitrogens with one attached hydrogen (secondary N) is 1. The molecular formula is C22H24N2OS. The molecule has 0 aliphatic heterocycles. The normalized spacial score (nSPS) is 11.3. The van der Waals surface area contributed by atoms with Crippen LogP contribution in [0.3, 0.4) is 0 Å². The van der Waals surface area contributed by atoms with Crippen molar-refractivity contribution in [2.24, 2.45) is 0 Å². The molecular weight excluding hydrogens is 340 g/mol. The number of aromatic nitrogens is 1. The van der Waals surface area contributed by atoms with Gasteiger partial charge in [-0.2, -0.15) is 0 Å². The van der Waals surface area contributed by atoms with E-state index in [1.54, 1.807) is 0 Å². The largest absolute Gasteiger partial charge is 0.352 e. The lowest BCUT2D eigenvalue weighted by Gasteiger charge is -2.18. The highest BCUT2D eigenvalue weighted by Crippen LogP contribution is 2.27. The first-order chi connectivity index (χ1) is 12.4. The van der Waals surface area contributed by atoms with Gasteiger partial charge in [0.2, 0.25) is 5.91 Å². The number of amides is 1. The molecule has 0 spiro atoms. The van der Waals surface area contributed by atoms with Gasteiger partial charge in [0.15, 0.2) is 0 Å². The van der Waals surface area contributed by atoms with E-state index in [9.17, 15) is 4.79 Å². The van der Waals surface area contributed by atoms with Gasteiger partial charge in [-0.25, -0.2) is 4.98 Å². The first-order valence-electron chi connectivity index (χ1n) is 8.78. The van der Waals surface area contributed by atoms with Crippen molar-refractivity contribution in [3.63, 3.8) is 0 Å². The summed E-state index contributed by atoms with van der Waals surface area (Å²) in [5, 5.41) is 5.81. The summed E-state index contributed by atoms with van der Waals surface area (Å²) in [5.41, 5.74) is 4.56. The molecule has 4 heteroatoms.